The Bertz CT molecular complexity index is 1030. The summed E-state index contributed by atoms with van der Waals surface area (Å²) in [5, 5.41) is 2.90. The standard InChI is InChI=1S/C21H20N4O2/c1-25-13-15-4-2-3-5-16(15)19(25)12-23-20(26)17-6-7-18(24-21(17)27)14-8-10-22-11-9-14/h2-11,19H,12-13H2,1H3,(H,23,26)(H,24,27). The number of fused-ring (bicyclic) bond motifs is 1. The molecule has 1 aliphatic heterocycles. The Kier molecular flexibility index (Phi) is 4.56. The Labute approximate surface area is 156 Å². The molecule has 6 nitrogen and oxygen atoms in total. The minimum absolute atomic E-state index is 0.111. The van der Waals surface area contributed by atoms with Gasteiger partial charge < -0.3 is 10.3 Å². The van der Waals surface area contributed by atoms with Gasteiger partial charge >= 0.3 is 0 Å². The van der Waals surface area contributed by atoms with E-state index in [9.17, 15) is 9.59 Å². The summed E-state index contributed by atoms with van der Waals surface area (Å²) in [4.78, 5) is 33.8. The number of aromatic nitrogens is 2. The van der Waals surface area contributed by atoms with Gasteiger partial charge in [0.1, 0.15) is 5.56 Å². The largest absolute Gasteiger partial charge is 0.350 e. The molecule has 136 valence electrons. The molecule has 0 spiro atoms. The molecule has 27 heavy (non-hydrogen) atoms. The summed E-state index contributed by atoms with van der Waals surface area (Å²) in [5.74, 6) is -0.365. The van der Waals surface area contributed by atoms with E-state index in [0.717, 1.165) is 12.1 Å². The monoisotopic (exact) mass is 360 g/mol. The average Bonchev–Trinajstić information content (AvgIpc) is 3.01. The van der Waals surface area contributed by atoms with Crippen LogP contribution in [-0.4, -0.2) is 34.4 Å². The normalized spacial score (nSPS) is 16.1. The van der Waals surface area contributed by atoms with Gasteiger partial charge in [0.2, 0.25) is 0 Å². The van der Waals surface area contributed by atoms with Crippen LogP contribution >= 0.6 is 0 Å². The van der Waals surface area contributed by atoms with Crippen molar-refractivity contribution in [1.29, 1.82) is 0 Å². The fraction of sp³-hybridized carbons (Fsp3) is 0.190. The fourth-order valence-corrected chi connectivity index (χ4v) is 3.52. The maximum atomic E-state index is 12.5. The second-order valence-electron chi connectivity index (χ2n) is 6.69. The molecule has 0 aliphatic carbocycles. The average molecular weight is 360 g/mol. The van der Waals surface area contributed by atoms with Gasteiger partial charge in [-0.05, 0) is 42.4 Å². The molecule has 4 rings (SSSR count). The number of rotatable bonds is 4. The van der Waals surface area contributed by atoms with Crippen molar-refractivity contribution in [2.24, 2.45) is 0 Å². The molecule has 1 amide bonds. The molecule has 0 bridgehead atoms. The summed E-state index contributed by atoms with van der Waals surface area (Å²) in [6.07, 6.45) is 3.31. The molecule has 3 heterocycles. The van der Waals surface area contributed by atoms with Gasteiger partial charge in [0.05, 0.1) is 6.04 Å². The number of carbonyl (C=O) groups excluding carboxylic acids is 1. The van der Waals surface area contributed by atoms with Crippen molar-refractivity contribution in [3.8, 4) is 11.3 Å². The van der Waals surface area contributed by atoms with Gasteiger partial charge in [-0.15, -0.1) is 0 Å². The molecule has 2 N–H and O–H groups in total. The lowest BCUT2D eigenvalue weighted by molar-refractivity contribution is 0.0939. The van der Waals surface area contributed by atoms with E-state index in [-0.39, 0.29) is 17.5 Å². The second-order valence-corrected chi connectivity index (χ2v) is 6.69. The number of pyridine rings is 2. The summed E-state index contributed by atoms with van der Waals surface area (Å²) in [7, 11) is 2.03. The number of carbonyl (C=O) groups is 1. The van der Waals surface area contributed by atoms with Crippen LogP contribution in [0.15, 0.2) is 65.7 Å². The van der Waals surface area contributed by atoms with Crippen molar-refractivity contribution in [1.82, 2.24) is 20.2 Å². The number of aromatic amines is 1. The number of nitrogens with one attached hydrogen (secondary N) is 2. The molecule has 0 saturated carbocycles. The van der Waals surface area contributed by atoms with Crippen molar-refractivity contribution in [3.63, 3.8) is 0 Å². The Hall–Kier alpha value is -3.25. The number of H-pyrrole nitrogens is 1. The molecule has 6 heteroatoms. The molecule has 2 aromatic heterocycles. The summed E-state index contributed by atoms with van der Waals surface area (Å²) in [6.45, 7) is 1.32. The van der Waals surface area contributed by atoms with Gasteiger partial charge in [-0.25, -0.2) is 0 Å². The van der Waals surface area contributed by atoms with E-state index in [1.54, 1.807) is 36.7 Å². The molecule has 0 saturated heterocycles. The van der Waals surface area contributed by atoms with Gasteiger partial charge in [0.15, 0.2) is 0 Å². The number of nitrogens with zero attached hydrogens (tertiary/aromatic N) is 2. The molecule has 0 fully saturated rings. The second kappa shape index (κ2) is 7.17. The van der Waals surface area contributed by atoms with E-state index < -0.39 is 5.56 Å². The van der Waals surface area contributed by atoms with Crippen LogP contribution in [-0.2, 0) is 6.54 Å². The maximum Gasteiger partial charge on any atom is 0.261 e. The summed E-state index contributed by atoms with van der Waals surface area (Å²) in [6, 6.07) is 15.3. The van der Waals surface area contributed by atoms with Crippen molar-refractivity contribution < 1.29 is 4.79 Å². The van der Waals surface area contributed by atoms with Crippen LogP contribution in [0.2, 0.25) is 0 Å². The summed E-state index contributed by atoms with van der Waals surface area (Å²) < 4.78 is 0. The summed E-state index contributed by atoms with van der Waals surface area (Å²) in [5.41, 5.74) is 3.71. The topological polar surface area (TPSA) is 78.1 Å². The lowest BCUT2D eigenvalue weighted by Gasteiger charge is -2.20. The highest BCUT2D eigenvalue weighted by Crippen LogP contribution is 2.31. The van der Waals surface area contributed by atoms with Gasteiger partial charge in [0.25, 0.3) is 11.5 Å². The molecule has 0 radical (unpaired) electrons. The molecule has 1 unspecified atom stereocenters. The highest BCUT2D eigenvalue weighted by atomic mass is 16.2. The highest BCUT2D eigenvalue weighted by molar-refractivity contribution is 5.94. The zero-order valence-corrected chi connectivity index (χ0v) is 15.0. The van der Waals surface area contributed by atoms with Crippen molar-refractivity contribution in [3.05, 3.63) is 88.0 Å². The zero-order chi connectivity index (χ0) is 18.8. The predicted molar refractivity (Wildman–Crippen MR) is 103 cm³/mol. The first-order valence-electron chi connectivity index (χ1n) is 8.83. The quantitative estimate of drug-likeness (QED) is 0.749. The molecule has 1 atom stereocenters. The third-order valence-corrected chi connectivity index (χ3v) is 4.97. The fourth-order valence-electron chi connectivity index (χ4n) is 3.52. The maximum absolute atomic E-state index is 12.5. The number of hydrogen-bond donors (Lipinski definition) is 2. The van der Waals surface area contributed by atoms with E-state index in [1.165, 1.54) is 11.1 Å². The lowest BCUT2D eigenvalue weighted by atomic mass is 10.0. The lowest BCUT2D eigenvalue weighted by Crippen LogP contribution is -2.35. The van der Waals surface area contributed by atoms with E-state index in [1.807, 2.05) is 19.2 Å². The van der Waals surface area contributed by atoms with Crippen LogP contribution in [0, 0.1) is 0 Å². The first-order valence-corrected chi connectivity index (χ1v) is 8.83. The first kappa shape index (κ1) is 17.2. The summed E-state index contributed by atoms with van der Waals surface area (Å²) >= 11 is 0. The van der Waals surface area contributed by atoms with Crippen LogP contribution in [0.5, 0.6) is 0 Å². The van der Waals surface area contributed by atoms with Crippen LogP contribution in [0.4, 0.5) is 0 Å². The minimum atomic E-state index is -0.401. The Morgan fingerprint density at radius 2 is 1.96 bits per heavy atom. The van der Waals surface area contributed by atoms with Gasteiger partial charge in [-0.3, -0.25) is 19.5 Å². The number of amides is 1. The third-order valence-electron chi connectivity index (χ3n) is 4.97. The van der Waals surface area contributed by atoms with Crippen molar-refractivity contribution in [2.45, 2.75) is 12.6 Å². The molecular formula is C21H20N4O2. The predicted octanol–water partition coefficient (Wildman–Crippen LogP) is 2.35. The number of likely N-dealkylation sites (N-methyl/N-ethyl adjacent to an activating group) is 1. The third kappa shape index (κ3) is 3.39. The van der Waals surface area contributed by atoms with Crippen LogP contribution < -0.4 is 10.9 Å². The van der Waals surface area contributed by atoms with Crippen LogP contribution in [0.25, 0.3) is 11.3 Å². The number of hydrogen-bond acceptors (Lipinski definition) is 4. The smallest absolute Gasteiger partial charge is 0.261 e. The van der Waals surface area contributed by atoms with Gasteiger partial charge in [-0.1, -0.05) is 24.3 Å². The molecular weight excluding hydrogens is 340 g/mol. The minimum Gasteiger partial charge on any atom is -0.350 e. The van der Waals surface area contributed by atoms with Gasteiger partial charge in [-0.2, -0.15) is 0 Å². The van der Waals surface area contributed by atoms with E-state index in [2.05, 4.69) is 32.3 Å². The molecule has 3 aromatic rings. The van der Waals surface area contributed by atoms with Gasteiger partial charge in [0, 0.05) is 36.7 Å². The van der Waals surface area contributed by atoms with Crippen LogP contribution in [0.1, 0.15) is 27.5 Å². The van der Waals surface area contributed by atoms with E-state index >= 15 is 0 Å². The molecule has 1 aromatic carbocycles. The van der Waals surface area contributed by atoms with Crippen molar-refractivity contribution in [2.75, 3.05) is 13.6 Å². The van der Waals surface area contributed by atoms with Crippen molar-refractivity contribution >= 4 is 5.91 Å². The molecule has 1 aliphatic rings. The van der Waals surface area contributed by atoms with E-state index in [4.69, 9.17) is 0 Å². The highest BCUT2D eigenvalue weighted by Gasteiger charge is 2.27. The Morgan fingerprint density at radius 3 is 2.74 bits per heavy atom. The number of benzene rings is 1. The van der Waals surface area contributed by atoms with E-state index in [0.29, 0.717) is 12.2 Å². The van der Waals surface area contributed by atoms with Crippen LogP contribution in [0.3, 0.4) is 0 Å². The first-order chi connectivity index (χ1) is 13.1. The Balaban J connectivity index is 1.48. The SMILES string of the molecule is CN1Cc2ccccc2C1CNC(=O)c1ccc(-c2ccncc2)[nH]c1=O. The Morgan fingerprint density at radius 1 is 1.19 bits per heavy atom. The zero-order valence-electron chi connectivity index (χ0n) is 15.0.